The van der Waals surface area contributed by atoms with Gasteiger partial charge in [-0.15, -0.1) is 0 Å². The third-order valence-corrected chi connectivity index (χ3v) is 8.75. The quantitative estimate of drug-likeness (QED) is 0.0277. The molecule has 0 rings (SSSR count). The third-order valence-electron chi connectivity index (χ3n) is 7.76. The van der Waals surface area contributed by atoms with Crippen molar-refractivity contribution in [1.29, 1.82) is 0 Å². The topological polar surface area (TPSA) is 134 Å². The number of hydrogen-bond acceptors (Lipinski definition) is 8. The maximum atomic E-state index is 12.5. The molecular weight excluding hydrogens is 689 g/mol. The van der Waals surface area contributed by atoms with E-state index in [1.54, 1.807) is 0 Å². The van der Waals surface area contributed by atoms with E-state index in [4.69, 9.17) is 24.3 Å². The highest BCUT2D eigenvalue weighted by molar-refractivity contribution is 7.47. The van der Waals surface area contributed by atoms with Crippen molar-refractivity contribution in [3.8, 4) is 0 Å². The van der Waals surface area contributed by atoms with Crippen LogP contribution >= 0.6 is 7.82 Å². The predicted molar refractivity (Wildman–Crippen MR) is 219 cm³/mol. The Morgan fingerprint density at radius 1 is 0.566 bits per heavy atom. The number of phosphoric acid groups is 1. The molecule has 0 aliphatic rings. The summed E-state index contributed by atoms with van der Waals surface area (Å²) in [6.07, 6.45) is 47.9. The number of esters is 2. The zero-order valence-electron chi connectivity index (χ0n) is 33.0. The van der Waals surface area contributed by atoms with E-state index >= 15 is 0 Å². The number of hydrogen-bond donors (Lipinski definition) is 2. The van der Waals surface area contributed by atoms with Gasteiger partial charge in [-0.2, -0.15) is 0 Å². The highest BCUT2D eigenvalue weighted by Gasteiger charge is 2.25. The Hall–Kier alpha value is -2.81. The van der Waals surface area contributed by atoms with E-state index in [2.05, 4.69) is 74.6 Å². The molecule has 0 saturated carbocycles. The molecule has 0 bridgehead atoms. The van der Waals surface area contributed by atoms with Crippen LogP contribution < -0.4 is 5.73 Å². The monoisotopic (exact) mass is 761 g/mol. The van der Waals surface area contributed by atoms with Gasteiger partial charge in [-0.1, -0.05) is 150 Å². The average molecular weight is 762 g/mol. The third kappa shape index (κ3) is 38.7. The van der Waals surface area contributed by atoms with Crippen LogP contribution in [0.25, 0.3) is 0 Å². The summed E-state index contributed by atoms with van der Waals surface area (Å²) in [4.78, 5) is 34.7. The molecule has 0 aliphatic heterocycles. The van der Waals surface area contributed by atoms with Crippen LogP contribution in [0.2, 0.25) is 0 Å². The van der Waals surface area contributed by atoms with Crippen LogP contribution in [-0.4, -0.2) is 49.3 Å². The molecular formula is C43H72NO8P. The van der Waals surface area contributed by atoms with Crippen LogP contribution in [0.4, 0.5) is 0 Å². The average Bonchev–Trinajstić information content (AvgIpc) is 3.14. The lowest BCUT2D eigenvalue weighted by Gasteiger charge is -2.19. The summed E-state index contributed by atoms with van der Waals surface area (Å²) in [5.41, 5.74) is 5.33. The summed E-state index contributed by atoms with van der Waals surface area (Å²) in [5, 5.41) is 0. The number of unbranched alkanes of at least 4 members (excludes halogenated alkanes) is 9. The summed E-state index contributed by atoms with van der Waals surface area (Å²) in [6.45, 7) is 3.48. The van der Waals surface area contributed by atoms with Crippen LogP contribution in [-0.2, 0) is 32.7 Å². The second kappa shape index (κ2) is 38.9. The highest BCUT2D eigenvalue weighted by Crippen LogP contribution is 2.43. The van der Waals surface area contributed by atoms with E-state index in [0.29, 0.717) is 12.8 Å². The number of allylic oxidation sites excluding steroid dienone is 14. The molecule has 53 heavy (non-hydrogen) atoms. The van der Waals surface area contributed by atoms with Crippen molar-refractivity contribution in [2.45, 2.75) is 148 Å². The fourth-order valence-corrected chi connectivity index (χ4v) is 5.56. The molecule has 0 amide bonds. The largest absolute Gasteiger partial charge is 0.472 e. The lowest BCUT2D eigenvalue weighted by atomic mass is 10.1. The first-order valence-electron chi connectivity index (χ1n) is 20.1. The fraction of sp³-hybridized carbons (Fsp3) is 0.628. The standard InChI is InChI=1S/C43H72NO8P/c1-3-5-7-9-11-13-15-17-19-20-22-24-26-28-30-32-34-36-43(46)52-41(40-51-53(47,48)50-38-37-44)39-49-42(45)35-33-31-29-27-25-23-21-18-16-14-12-10-8-6-4-2/h7,9,13,15,19-20,23-26,29-32,41H,3-6,8,10-12,14,16-18,21-22,27-28,33-40,44H2,1-2H3,(H,47,48)/b9-7-,15-13-,20-19-,25-23-,26-24-,31-29-,32-30-. The molecule has 0 heterocycles. The van der Waals surface area contributed by atoms with Crippen molar-refractivity contribution in [2.75, 3.05) is 26.4 Å². The van der Waals surface area contributed by atoms with Gasteiger partial charge >= 0.3 is 19.8 Å². The van der Waals surface area contributed by atoms with Crippen molar-refractivity contribution in [2.24, 2.45) is 5.73 Å². The summed E-state index contributed by atoms with van der Waals surface area (Å²) in [7, 11) is -4.41. The van der Waals surface area contributed by atoms with Gasteiger partial charge in [0, 0.05) is 19.4 Å². The molecule has 0 radical (unpaired) electrons. The molecule has 10 heteroatoms. The van der Waals surface area contributed by atoms with E-state index in [1.165, 1.54) is 57.8 Å². The van der Waals surface area contributed by atoms with Crippen molar-refractivity contribution < 1.29 is 37.6 Å². The van der Waals surface area contributed by atoms with Crippen LogP contribution in [0.5, 0.6) is 0 Å². The summed E-state index contributed by atoms with van der Waals surface area (Å²) in [5.74, 6) is -1.01. The minimum atomic E-state index is -4.41. The lowest BCUT2D eigenvalue weighted by Crippen LogP contribution is -2.29. The normalized spacial score (nSPS) is 14.3. The molecule has 2 unspecified atom stereocenters. The Kier molecular flexibility index (Phi) is 36.8. The predicted octanol–water partition coefficient (Wildman–Crippen LogP) is 11.3. The Labute approximate surface area is 322 Å². The lowest BCUT2D eigenvalue weighted by molar-refractivity contribution is -0.161. The molecule has 302 valence electrons. The Morgan fingerprint density at radius 3 is 1.53 bits per heavy atom. The molecule has 0 fully saturated rings. The second-order valence-corrected chi connectivity index (χ2v) is 14.2. The van der Waals surface area contributed by atoms with E-state index in [1.807, 2.05) is 24.3 Å². The van der Waals surface area contributed by atoms with Crippen molar-refractivity contribution in [3.63, 3.8) is 0 Å². The van der Waals surface area contributed by atoms with E-state index in [0.717, 1.165) is 44.9 Å². The molecule has 0 aromatic heterocycles. The summed E-state index contributed by atoms with van der Waals surface area (Å²) in [6, 6.07) is 0. The number of rotatable bonds is 36. The second-order valence-electron chi connectivity index (χ2n) is 12.8. The molecule has 0 aliphatic carbocycles. The molecule has 3 N–H and O–H groups in total. The van der Waals surface area contributed by atoms with Crippen molar-refractivity contribution in [1.82, 2.24) is 0 Å². The van der Waals surface area contributed by atoms with Crippen molar-refractivity contribution in [3.05, 3.63) is 85.1 Å². The van der Waals surface area contributed by atoms with Gasteiger partial charge in [-0.25, -0.2) is 4.57 Å². The number of ether oxygens (including phenoxy) is 2. The van der Waals surface area contributed by atoms with Gasteiger partial charge in [0.25, 0.3) is 0 Å². The first kappa shape index (κ1) is 50.2. The first-order chi connectivity index (χ1) is 25.8. The van der Waals surface area contributed by atoms with Gasteiger partial charge in [0.15, 0.2) is 6.10 Å². The van der Waals surface area contributed by atoms with E-state index in [-0.39, 0.29) is 32.6 Å². The minimum Gasteiger partial charge on any atom is -0.462 e. The maximum Gasteiger partial charge on any atom is 0.472 e. The minimum absolute atomic E-state index is 0.0316. The maximum absolute atomic E-state index is 12.5. The van der Waals surface area contributed by atoms with Gasteiger partial charge in [-0.05, 0) is 64.2 Å². The zero-order valence-corrected chi connectivity index (χ0v) is 33.9. The van der Waals surface area contributed by atoms with Crippen LogP contribution in [0.15, 0.2) is 85.1 Å². The zero-order chi connectivity index (χ0) is 38.9. The Balaban J connectivity index is 4.42. The Bertz CT molecular complexity index is 1140. The number of carbonyl (C=O) groups excluding carboxylic acids is 2. The number of phosphoric ester groups is 1. The van der Waals surface area contributed by atoms with Crippen LogP contribution in [0, 0.1) is 0 Å². The van der Waals surface area contributed by atoms with Gasteiger partial charge in [-0.3, -0.25) is 18.6 Å². The molecule has 0 aromatic rings. The number of carbonyl (C=O) groups is 2. The molecule has 9 nitrogen and oxygen atoms in total. The van der Waals surface area contributed by atoms with E-state index in [9.17, 15) is 19.0 Å². The van der Waals surface area contributed by atoms with Crippen LogP contribution in [0.1, 0.15) is 142 Å². The van der Waals surface area contributed by atoms with Gasteiger partial charge in [0.2, 0.25) is 0 Å². The molecule has 0 aromatic carbocycles. The first-order valence-corrected chi connectivity index (χ1v) is 21.6. The highest BCUT2D eigenvalue weighted by atomic mass is 31.2. The van der Waals surface area contributed by atoms with Gasteiger partial charge in [0.1, 0.15) is 6.61 Å². The van der Waals surface area contributed by atoms with Gasteiger partial charge in [0.05, 0.1) is 13.2 Å². The summed E-state index contributed by atoms with van der Waals surface area (Å²) < 4.78 is 32.5. The summed E-state index contributed by atoms with van der Waals surface area (Å²) >= 11 is 0. The molecule has 0 saturated heterocycles. The Morgan fingerprint density at radius 2 is 1.02 bits per heavy atom. The van der Waals surface area contributed by atoms with Crippen molar-refractivity contribution >= 4 is 19.8 Å². The fourth-order valence-electron chi connectivity index (χ4n) is 4.79. The number of nitrogens with two attached hydrogens (primary N) is 1. The van der Waals surface area contributed by atoms with Crippen LogP contribution in [0.3, 0.4) is 0 Å². The molecule has 2 atom stereocenters. The smallest absolute Gasteiger partial charge is 0.462 e. The molecule has 0 spiro atoms. The van der Waals surface area contributed by atoms with Gasteiger partial charge < -0.3 is 20.1 Å². The SMILES string of the molecule is CCC/C=C\C/C=C\C/C=C\C/C=C\C/C=C\CCC(=O)OC(COC(=O)CC/C=C\C/C=C\CCCCCCCCCC)COP(=O)(O)OCCN. The van der Waals surface area contributed by atoms with E-state index < -0.39 is 32.5 Å².